The molecule has 3 N–H and O–H groups in total. The number of carbonyl (C=O) groups is 2. The van der Waals surface area contributed by atoms with E-state index >= 15 is 0 Å². The van der Waals surface area contributed by atoms with Gasteiger partial charge < -0.3 is 20.7 Å². The summed E-state index contributed by atoms with van der Waals surface area (Å²) in [5, 5.41) is 8.23. The molecule has 0 aliphatic heterocycles. The maximum atomic E-state index is 11.5. The van der Waals surface area contributed by atoms with Crippen LogP contribution in [-0.2, 0) is 9.53 Å². The van der Waals surface area contributed by atoms with Crippen LogP contribution in [0.25, 0.3) is 0 Å². The van der Waals surface area contributed by atoms with Gasteiger partial charge >= 0.3 is 5.97 Å². The van der Waals surface area contributed by atoms with E-state index < -0.39 is 15.9 Å². The Morgan fingerprint density at radius 1 is 1.21 bits per heavy atom. The molecule has 0 spiro atoms. The molecule has 6 nitrogen and oxygen atoms in total. The number of carbonyl (C=O) groups excluding carboxylic acids is 2. The van der Waals surface area contributed by atoms with E-state index in [0.29, 0.717) is 11.3 Å². The third kappa shape index (κ3) is 6.68. The zero-order chi connectivity index (χ0) is 18.3. The lowest BCUT2D eigenvalue weighted by Crippen LogP contribution is -2.56. The molecule has 0 heterocycles. The molecule has 0 saturated carbocycles. The Morgan fingerprint density at radius 3 is 2.25 bits per heavy atom. The Bertz CT molecular complexity index is 606. The second-order valence-corrected chi connectivity index (χ2v) is 7.34. The Balaban J connectivity index is 2.71. The van der Waals surface area contributed by atoms with Crippen LogP contribution in [0.4, 0.5) is 5.69 Å². The molecule has 132 valence electrons. The molecule has 1 amide bonds. The van der Waals surface area contributed by atoms with Crippen LogP contribution >= 0.6 is 47.0 Å². The number of benzene rings is 1. The highest BCUT2D eigenvalue weighted by Gasteiger charge is 2.34. The maximum Gasteiger partial charge on any atom is 0.337 e. The molecular weight excluding hydrogens is 397 g/mol. The van der Waals surface area contributed by atoms with Crippen molar-refractivity contribution in [3.63, 3.8) is 0 Å². The molecule has 0 fully saturated rings. The van der Waals surface area contributed by atoms with Crippen molar-refractivity contribution < 1.29 is 14.3 Å². The minimum absolute atomic E-state index is 0.133. The summed E-state index contributed by atoms with van der Waals surface area (Å²) >= 11 is 22.6. The highest BCUT2D eigenvalue weighted by atomic mass is 35.6. The molecule has 0 bridgehead atoms. The first-order valence-electron chi connectivity index (χ1n) is 6.79. The van der Waals surface area contributed by atoms with Gasteiger partial charge in [-0.15, -0.1) is 0 Å². The quantitative estimate of drug-likeness (QED) is 0.299. The molecule has 24 heavy (non-hydrogen) atoms. The first-order valence-corrected chi connectivity index (χ1v) is 8.33. The molecule has 0 aromatic heterocycles. The second-order valence-electron chi connectivity index (χ2n) is 4.56. The van der Waals surface area contributed by atoms with Crippen LogP contribution < -0.4 is 16.0 Å². The van der Waals surface area contributed by atoms with E-state index in [4.69, 9.17) is 47.0 Å². The van der Waals surface area contributed by atoms with Crippen molar-refractivity contribution in [2.45, 2.75) is 23.3 Å². The number of alkyl halides is 3. The summed E-state index contributed by atoms with van der Waals surface area (Å²) in [6.07, 6.45) is -0.780. The largest absolute Gasteiger partial charge is 0.465 e. The minimum Gasteiger partial charge on any atom is -0.465 e. The number of methoxy groups -OCH3 is 1. The van der Waals surface area contributed by atoms with Gasteiger partial charge in [0.2, 0.25) is 9.70 Å². The molecule has 1 aromatic carbocycles. The Morgan fingerprint density at radius 2 is 1.79 bits per heavy atom. The van der Waals surface area contributed by atoms with Gasteiger partial charge in [-0.2, -0.15) is 0 Å². The molecule has 1 atom stereocenters. The van der Waals surface area contributed by atoms with E-state index in [-0.39, 0.29) is 17.4 Å². The zero-order valence-corrected chi connectivity index (χ0v) is 15.9. The van der Waals surface area contributed by atoms with Gasteiger partial charge in [0.15, 0.2) is 5.11 Å². The normalized spacial score (nSPS) is 12.0. The summed E-state index contributed by atoms with van der Waals surface area (Å²) in [6.45, 7) is 1.67. The van der Waals surface area contributed by atoms with Crippen LogP contribution in [0.2, 0.25) is 0 Å². The molecule has 10 heteroatoms. The monoisotopic (exact) mass is 411 g/mol. The highest BCUT2D eigenvalue weighted by Crippen LogP contribution is 2.29. The molecule has 1 rings (SSSR count). The minimum atomic E-state index is -1.80. The third-order valence-electron chi connectivity index (χ3n) is 2.79. The summed E-state index contributed by atoms with van der Waals surface area (Å²) in [6, 6.07) is 6.41. The van der Waals surface area contributed by atoms with Crippen LogP contribution in [-0.4, -0.2) is 34.1 Å². The van der Waals surface area contributed by atoms with Gasteiger partial charge in [0.05, 0.1) is 12.7 Å². The molecular formula is C14H16Cl3N3O3S. The number of esters is 1. The van der Waals surface area contributed by atoms with Crippen molar-refractivity contribution in [1.82, 2.24) is 10.6 Å². The lowest BCUT2D eigenvalue weighted by atomic mass is 10.2. The second kappa shape index (κ2) is 9.27. The van der Waals surface area contributed by atoms with E-state index in [9.17, 15) is 9.59 Å². The fraction of sp³-hybridized carbons (Fsp3) is 0.357. The molecule has 0 saturated heterocycles. The number of amides is 1. The summed E-state index contributed by atoms with van der Waals surface area (Å²) < 4.78 is 2.81. The van der Waals surface area contributed by atoms with Crippen LogP contribution in [0.1, 0.15) is 23.7 Å². The van der Waals surface area contributed by atoms with Gasteiger partial charge in [-0.3, -0.25) is 4.79 Å². The summed E-state index contributed by atoms with van der Waals surface area (Å²) in [7, 11) is 1.30. The van der Waals surface area contributed by atoms with Crippen molar-refractivity contribution in [3.05, 3.63) is 29.8 Å². The van der Waals surface area contributed by atoms with E-state index in [1.807, 2.05) is 0 Å². The summed E-state index contributed by atoms with van der Waals surface area (Å²) in [4.78, 5) is 22.9. The van der Waals surface area contributed by atoms with Crippen LogP contribution in [0.15, 0.2) is 24.3 Å². The van der Waals surface area contributed by atoms with Gasteiger partial charge in [0, 0.05) is 12.1 Å². The fourth-order valence-electron chi connectivity index (χ4n) is 1.57. The Hall–Kier alpha value is -1.28. The SMILES string of the molecule is CCC(=O)N[C@@H](NC(=S)Nc1ccc(C(=O)OC)cc1)C(Cl)(Cl)Cl. The Kier molecular flexibility index (Phi) is 8.02. The maximum absolute atomic E-state index is 11.5. The number of ether oxygens (including phenoxy) is 1. The average molecular weight is 413 g/mol. The molecule has 0 aliphatic rings. The number of halogens is 3. The average Bonchev–Trinajstić information content (AvgIpc) is 2.53. The predicted molar refractivity (Wildman–Crippen MR) is 99.6 cm³/mol. The number of nitrogens with one attached hydrogen (secondary N) is 3. The number of hydrogen-bond acceptors (Lipinski definition) is 4. The van der Waals surface area contributed by atoms with E-state index in [1.54, 1.807) is 31.2 Å². The lowest BCUT2D eigenvalue weighted by Gasteiger charge is -2.27. The van der Waals surface area contributed by atoms with Gasteiger partial charge in [-0.25, -0.2) is 4.79 Å². The van der Waals surface area contributed by atoms with Crippen molar-refractivity contribution in [2.75, 3.05) is 12.4 Å². The number of hydrogen-bond donors (Lipinski definition) is 3. The third-order valence-corrected chi connectivity index (χ3v) is 3.67. The van der Waals surface area contributed by atoms with E-state index in [1.165, 1.54) is 7.11 Å². The predicted octanol–water partition coefficient (Wildman–Crippen LogP) is 2.98. The summed E-state index contributed by atoms with van der Waals surface area (Å²) in [5.41, 5.74) is 1.00. The first kappa shape index (κ1) is 20.8. The highest BCUT2D eigenvalue weighted by molar-refractivity contribution is 7.80. The number of anilines is 1. The first-order chi connectivity index (χ1) is 11.2. The van der Waals surface area contributed by atoms with Crippen LogP contribution in [0.5, 0.6) is 0 Å². The standard InChI is InChI=1S/C14H16Cl3N3O3S/c1-3-10(21)19-12(14(15,16)17)20-13(24)18-9-6-4-8(5-7-9)11(22)23-2/h4-7,12H,3H2,1-2H3,(H,19,21)(H2,18,20,24)/t12-/m0/s1. The van der Waals surface area contributed by atoms with Gasteiger partial charge in [0.1, 0.15) is 6.17 Å². The smallest absolute Gasteiger partial charge is 0.337 e. The van der Waals surface area contributed by atoms with Crippen molar-refractivity contribution in [2.24, 2.45) is 0 Å². The van der Waals surface area contributed by atoms with Crippen LogP contribution in [0, 0.1) is 0 Å². The van der Waals surface area contributed by atoms with Crippen molar-refractivity contribution >= 4 is 69.7 Å². The van der Waals surface area contributed by atoms with E-state index in [2.05, 4.69) is 20.7 Å². The number of thiocarbonyl (C=S) groups is 1. The lowest BCUT2D eigenvalue weighted by molar-refractivity contribution is -0.121. The number of rotatable bonds is 5. The van der Waals surface area contributed by atoms with Gasteiger partial charge in [-0.1, -0.05) is 41.7 Å². The van der Waals surface area contributed by atoms with Crippen molar-refractivity contribution in [3.8, 4) is 0 Å². The Labute approximate surface area is 160 Å². The summed E-state index contributed by atoms with van der Waals surface area (Å²) in [5.74, 6) is -0.746. The molecule has 0 unspecified atom stereocenters. The van der Waals surface area contributed by atoms with E-state index in [0.717, 1.165) is 0 Å². The van der Waals surface area contributed by atoms with Crippen molar-refractivity contribution in [1.29, 1.82) is 0 Å². The van der Waals surface area contributed by atoms with Gasteiger partial charge in [0.25, 0.3) is 0 Å². The topological polar surface area (TPSA) is 79.5 Å². The fourth-order valence-corrected chi connectivity index (χ4v) is 2.13. The zero-order valence-electron chi connectivity index (χ0n) is 12.9. The van der Waals surface area contributed by atoms with Gasteiger partial charge in [-0.05, 0) is 36.5 Å². The molecule has 0 radical (unpaired) electrons. The molecule has 0 aliphatic carbocycles. The van der Waals surface area contributed by atoms with Crippen LogP contribution in [0.3, 0.4) is 0 Å². The molecule has 1 aromatic rings.